The molecular formula is C20H16N6O2. The van der Waals surface area contributed by atoms with Crippen molar-refractivity contribution in [3.63, 3.8) is 0 Å². The summed E-state index contributed by atoms with van der Waals surface area (Å²) in [6, 6.07) is 11.0. The molecule has 0 radical (unpaired) electrons. The molecule has 1 aliphatic heterocycles. The number of aliphatic imine (C=N–C) groups is 1. The molecule has 3 aromatic rings. The highest BCUT2D eigenvalue weighted by molar-refractivity contribution is 5.89. The van der Waals surface area contributed by atoms with Crippen LogP contribution in [0.15, 0.2) is 72.3 Å². The zero-order valence-electron chi connectivity index (χ0n) is 14.7. The van der Waals surface area contributed by atoms with Gasteiger partial charge in [-0.05, 0) is 36.4 Å². The standard InChI is InChI=1S/C20H16N6O2/c27-18-7-3-12-28-16-6-2-1-5-14(16)25-20-19-15(23-13-24-20)8-9-17(26-19)21-10-4-11-22-18/h1-6,8-13H,7H2,(H,22,27)(H,23,24,25)/b11-4?,12-3-,21-10?. The average molecular weight is 372 g/mol. The predicted octanol–water partition coefficient (Wildman–Crippen LogP) is 3.40. The lowest BCUT2D eigenvalue weighted by Crippen LogP contribution is -2.15. The summed E-state index contributed by atoms with van der Waals surface area (Å²) in [7, 11) is 0. The fraction of sp³-hybridized carbons (Fsp3) is 0.0500. The molecule has 28 heavy (non-hydrogen) atoms. The number of anilines is 2. The number of allylic oxidation sites excluding steroid dienone is 1. The van der Waals surface area contributed by atoms with E-state index in [9.17, 15) is 4.79 Å². The summed E-state index contributed by atoms with van der Waals surface area (Å²) < 4.78 is 5.68. The molecule has 138 valence electrons. The van der Waals surface area contributed by atoms with Crippen molar-refractivity contribution in [2.24, 2.45) is 4.99 Å². The van der Waals surface area contributed by atoms with Crippen molar-refractivity contribution in [2.45, 2.75) is 6.42 Å². The highest BCUT2D eigenvalue weighted by atomic mass is 16.5. The first-order valence-electron chi connectivity index (χ1n) is 8.58. The van der Waals surface area contributed by atoms with Crippen LogP contribution >= 0.6 is 0 Å². The van der Waals surface area contributed by atoms with Crippen LogP contribution in [0.2, 0.25) is 0 Å². The van der Waals surface area contributed by atoms with Gasteiger partial charge in [0.05, 0.1) is 17.5 Å². The summed E-state index contributed by atoms with van der Waals surface area (Å²) in [5.41, 5.74) is 1.98. The Bertz CT molecular complexity index is 1110. The van der Waals surface area contributed by atoms with Crippen LogP contribution in [0.4, 0.5) is 17.3 Å². The van der Waals surface area contributed by atoms with Crippen molar-refractivity contribution < 1.29 is 9.53 Å². The van der Waals surface area contributed by atoms with Crippen molar-refractivity contribution in [3.8, 4) is 5.75 Å². The number of carbonyl (C=O) groups is 1. The van der Waals surface area contributed by atoms with Gasteiger partial charge in [-0.2, -0.15) is 0 Å². The number of fused-ring (bicyclic) bond motifs is 2. The van der Waals surface area contributed by atoms with Gasteiger partial charge in [0.15, 0.2) is 11.6 Å². The van der Waals surface area contributed by atoms with Crippen LogP contribution in [0.25, 0.3) is 11.0 Å². The molecule has 0 saturated carbocycles. The maximum atomic E-state index is 11.8. The van der Waals surface area contributed by atoms with Gasteiger partial charge in [-0.1, -0.05) is 12.1 Å². The van der Waals surface area contributed by atoms with Crippen LogP contribution in [0.5, 0.6) is 5.75 Å². The number of carbonyl (C=O) groups excluding carboxylic acids is 1. The van der Waals surface area contributed by atoms with E-state index in [-0.39, 0.29) is 12.3 Å². The van der Waals surface area contributed by atoms with E-state index in [2.05, 4.69) is 30.6 Å². The number of amides is 1. The summed E-state index contributed by atoms with van der Waals surface area (Å²) in [5, 5.41) is 5.89. The third-order valence-corrected chi connectivity index (χ3v) is 3.84. The monoisotopic (exact) mass is 372 g/mol. The number of nitrogens with one attached hydrogen (secondary N) is 2. The highest BCUT2D eigenvalue weighted by Gasteiger charge is 2.09. The molecule has 0 fully saturated rings. The number of ether oxygens (including phenoxy) is 1. The van der Waals surface area contributed by atoms with Crippen LogP contribution in [-0.2, 0) is 4.79 Å². The highest BCUT2D eigenvalue weighted by Crippen LogP contribution is 2.29. The Balaban J connectivity index is 1.79. The topological polar surface area (TPSA) is 101 Å². The Morgan fingerprint density at radius 1 is 1.07 bits per heavy atom. The third kappa shape index (κ3) is 4.01. The number of nitrogens with zero attached hydrogens (tertiary/aromatic N) is 4. The molecule has 8 nitrogen and oxygen atoms in total. The molecule has 3 heterocycles. The fourth-order valence-corrected chi connectivity index (χ4v) is 2.53. The number of hydrogen-bond acceptors (Lipinski definition) is 7. The van der Waals surface area contributed by atoms with Gasteiger partial charge in [-0.25, -0.2) is 19.9 Å². The molecule has 4 rings (SSSR count). The van der Waals surface area contributed by atoms with E-state index in [0.717, 1.165) is 0 Å². The van der Waals surface area contributed by atoms with Crippen molar-refractivity contribution in [1.29, 1.82) is 0 Å². The van der Waals surface area contributed by atoms with Gasteiger partial charge in [-0.3, -0.25) is 4.79 Å². The molecule has 0 spiro atoms. The minimum absolute atomic E-state index is 0.164. The molecule has 2 N–H and O–H groups in total. The number of pyridine rings is 1. The maximum absolute atomic E-state index is 11.8. The van der Waals surface area contributed by atoms with E-state index >= 15 is 0 Å². The van der Waals surface area contributed by atoms with Crippen LogP contribution < -0.4 is 15.4 Å². The molecule has 2 bridgehead atoms. The number of rotatable bonds is 0. The normalized spacial score (nSPS) is 15.2. The zero-order valence-corrected chi connectivity index (χ0v) is 14.7. The van der Waals surface area contributed by atoms with Gasteiger partial charge in [0.1, 0.15) is 17.6 Å². The fourth-order valence-electron chi connectivity index (χ4n) is 2.53. The molecule has 2 aromatic heterocycles. The Morgan fingerprint density at radius 3 is 2.96 bits per heavy atom. The smallest absolute Gasteiger partial charge is 0.227 e. The Labute approximate surface area is 160 Å². The molecule has 1 amide bonds. The van der Waals surface area contributed by atoms with E-state index < -0.39 is 0 Å². The molecule has 0 saturated heterocycles. The number of benzene rings is 1. The van der Waals surface area contributed by atoms with Crippen molar-refractivity contribution in [1.82, 2.24) is 20.3 Å². The average Bonchev–Trinajstić information content (AvgIpc) is 2.72. The first-order valence-corrected chi connectivity index (χ1v) is 8.58. The first-order chi connectivity index (χ1) is 13.8. The van der Waals surface area contributed by atoms with Crippen LogP contribution in [0.3, 0.4) is 0 Å². The van der Waals surface area contributed by atoms with Gasteiger partial charge in [0.2, 0.25) is 5.91 Å². The van der Waals surface area contributed by atoms with Gasteiger partial charge in [-0.15, -0.1) is 0 Å². The first kappa shape index (κ1) is 17.3. The third-order valence-electron chi connectivity index (χ3n) is 3.84. The molecule has 0 aliphatic carbocycles. The second kappa shape index (κ2) is 8.09. The van der Waals surface area contributed by atoms with Crippen LogP contribution in [0, 0.1) is 0 Å². The number of para-hydroxylation sites is 2. The molecule has 8 heteroatoms. The molecule has 0 atom stereocenters. The summed E-state index contributed by atoms with van der Waals surface area (Å²) in [4.78, 5) is 29.2. The van der Waals surface area contributed by atoms with Gasteiger partial charge in [0, 0.05) is 18.8 Å². The van der Waals surface area contributed by atoms with E-state index in [1.807, 2.05) is 30.3 Å². The Morgan fingerprint density at radius 2 is 2.00 bits per heavy atom. The molecule has 1 aliphatic rings. The van der Waals surface area contributed by atoms with Gasteiger partial charge >= 0.3 is 0 Å². The minimum atomic E-state index is -0.164. The second-order valence-electron chi connectivity index (χ2n) is 5.78. The van der Waals surface area contributed by atoms with Crippen molar-refractivity contribution >= 4 is 40.5 Å². The van der Waals surface area contributed by atoms with Gasteiger partial charge in [0.25, 0.3) is 0 Å². The lowest BCUT2D eigenvalue weighted by Gasteiger charge is -2.11. The van der Waals surface area contributed by atoms with E-state index in [0.29, 0.717) is 34.1 Å². The minimum Gasteiger partial charge on any atom is -0.463 e. The quantitative estimate of drug-likeness (QED) is 0.627. The zero-order chi connectivity index (χ0) is 19.2. The maximum Gasteiger partial charge on any atom is 0.227 e. The van der Waals surface area contributed by atoms with E-state index in [1.165, 1.54) is 18.8 Å². The van der Waals surface area contributed by atoms with E-state index in [1.54, 1.807) is 24.4 Å². The number of hydrogen-bond donors (Lipinski definition) is 2. The SMILES string of the molecule is O=C1C/C=C\Oc2ccccc2Nc2ncnc3ccc(nc23)N=CC=CN1. The molecule has 0 unspecified atom stereocenters. The summed E-state index contributed by atoms with van der Waals surface area (Å²) >= 11 is 0. The molecular weight excluding hydrogens is 356 g/mol. The van der Waals surface area contributed by atoms with Crippen LogP contribution in [-0.4, -0.2) is 27.1 Å². The largest absolute Gasteiger partial charge is 0.463 e. The van der Waals surface area contributed by atoms with Gasteiger partial charge < -0.3 is 15.4 Å². The summed E-state index contributed by atoms with van der Waals surface area (Å²) in [6.07, 6.45) is 9.48. The Kier molecular flexibility index (Phi) is 5.01. The summed E-state index contributed by atoms with van der Waals surface area (Å²) in [5.74, 6) is 1.46. The number of aromatic nitrogens is 3. The Hall–Kier alpha value is -4.07. The van der Waals surface area contributed by atoms with Crippen molar-refractivity contribution in [2.75, 3.05) is 5.32 Å². The van der Waals surface area contributed by atoms with E-state index in [4.69, 9.17) is 4.74 Å². The molecule has 1 aromatic carbocycles. The predicted molar refractivity (Wildman–Crippen MR) is 107 cm³/mol. The second-order valence-corrected chi connectivity index (χ2v) is 5.78. The van der Waals surface area contributed by atoms with Crippen LogP contribution in [0.1, 0.15) is 6.42 Å². The van der Waals surface area contributed by atoms with Crippen molar-refractivity contribution in [3.05, 3.63) is 67.3 Å². The summed E-state index contributed by atoms with van der Waals surface area (Å²) in [6.45, 7) is 0. The lowest BCUT2D eigenvalue weighted by atomic mass is 10.2. The lowest BCUT2D eigenvalue weighted by molar-refractivity contribution is -0.119.